The zero-order valence-electron chi connectivity index (χ0n) is 12.4. The van der Waals surface area contributed by atoms with Crippen molar-refractivity contribution in [3.63, 3.8) is 0 Å². The fraction of sp³-hybridized carbons (Fsp3) is 0.333. The second-order valence-corrected chi connectivity index (χ2v) is 5.09. The number of nitrogens with one attached hydrogen (secondary N) is 1. The van der Waals surface area contributed by atoms with E-state index in [1.54, 1.807) is 12.1 Å². The van der Waals surface area contributed by atoms with E-state index in [4.69, 9.17) is 4.74 Å². The molecule has 0 amide bonds. The molecule has 0 aliphatic rings. The molecule has 0 spiro atoms. The number of unbranched alkanes of at least 4 members (excludes halogenated alkanes) is 1. The van der Waals surface area contributed by atoms with Gasteiger partial charge >= 0.3 is 0 Å². The number of ether oxygens (including phenoxy) is 1. The molecule has 2 aromatic carbocycles. The molecule has 0 saturated carbocycles. The minimum atomic E-state index is -0.223. The zero-order valence-corrected chi connectivity index (χ0v) is 12.4. The maximum atomic E-state index is 12.8. The van der Waals surface area contributed by atoms with Crippen LogP contribution in [-0.4, -0.2) is 6.54 Å². The smallest absolute Gasteiger partial charge is 0.123 e. The minimum Gasteiger partial charge on any atom is -0.489 e. The Labute approximate surface area is 126 Å². The van der Waals surface area contributed by atoms with Crippen LogP contribution in [0.25, 0.3) is 0 Å². The summed E-state index contributed by atoms with van der Waals surface area (Å²) in [6.07, 6.45) is 2.40. The molecule has 3 heteroatoms. The van der Waals surface area contributed by atoms with Crippen LogP contribution in [0.2, 0.25) is 0 Å². The third-order valence-corrected chi connectivity index (χ3v) is 3.25. The van der Waals surface area contributed by atoms with Crippen LogP contribution in [-0.2, 0) is 13.2 Å². The molecule has 0 unspecified atom stereocenters. The number of benzene rings is 2. The highest BCUT2D eigenvalue weighted by molar-refractivity contribution is 5.29. The van der Waals surface area contributed by atoms with Crippen molar-refractivity contribution in [1.82, 2.24) is 5.32 Å². The lowest BCUT2D eigenvalue weighted by Gasteiger charge is -2.09. The van der Waals surface area contributed by atoms with Crippen LogP contribution < -0.4 is 10.1 Å². The van der Waals surface area contributed by atoms with Crippen molar-refractivity contribution in [1.29, 1.82) is 0 Å². The summed E-state index contributed by atoms with van der Waals surface area (Å²) >= 11 is 0. The van der Waals surface area contributed by atoms with Crippen molar-refractivity contribution in [2.75, 3.05) is 6.54 Å². The van der Waals surface area contributed by atoms with Gasteiger partial charge in [-0.2, -0.15) is 0 Å². The molecule has 0 saturated heterocycles. The predicted octanol–water partition coefficient (Wildman–Crippen LogP) is 4.29. The van der Waals surface area contributed by atoms with Gasteiger partial charge in [-0.1, -0.05) is 37.6 Å². The highest BCUT2D eigenvalue weighted by Crippen LogP contribution is 2.15. The lowest BCUT2D eigenvalue weighted by atomic mass is 10.2. The molecule has 0 aromatic heterocycles. The Morgan fingerprint density at radius 1 is 1.05 bits per heavy atom. The molecule has 0 heterocycles. The summed E-state index contributed by atoms with van der Waals surface area (Å²) in [7, 11) is 0. The quantitative estimate of drug-likeness (QED) is 0.731. The van der Waals surface area contributed by atoms with Gasteiger partial charge in [0.15, 0.2) is 0 Å². The molecule has 2 aromatic rings. The second kappa shape index (κ2) is 8.42. The highest BCUT2D eigenvalue weighted by Gasteiger charge is 1.99. The molecule has 0 aliphatic heterocycles. The molecule has 0 bridgehead atoms. The van der Waals surface area contributed by atoms with E-state index >= 15 is 0 Å². The van der Waals surface area contributed by atoms with Gasteiger partial charge in [-0.25, -0.2) is 4.39 Å². The van der Waals surface area contributed by atoms with Crippen molar-refractivity contribution < 1.29 is 9.13 Å². The van der Waals surface area contributed by atoms with E-state index in [2.05, 4.69) is 18.3 Å². The van der Waals surface area contributed by atoms with E-state index in [0.29, 0.717) is 6.61 Å². The summed E-state index contributed by atoms with van der Waals surface area (Å²) in [5.74, 6) is 0.619. The van der Waals surface area contributed by atoms with E-state index in [9.17, 15) is 4.39 Å². The summed E-state index contributed by atoms with van der Waals surface area (Å²) in [6.45, 7) is 4.53. The number of hydrogen-bond acceptors (Lipinski definition) is 2. The van der Waals surface area contributed by atoms with Crippen LogP contribution in [0.5, 0.6) is 5.75 Å². The lowest BCUT2D eigenvalue weighted by molar-refractivity contribution is 0.305. The maximum Gasteiger partial charge on any atom is 0.123 e. The van der Waals surface area contributed by atoms with Crippen LogP contribution in [0.15, 0.2) is 48.5 Å². The van der Waals surface area contributed by atoms with Gasteiger partial charge in [0.2, 0.25) is 0 Å². The normalized spacial score (nSPS) is 10.6. The van der Waals surface area contributed by atoms with Crippen molar-refractivity contribution >= 4 is 0 Å². The molecule has 21 heavy (non-hydrogen) atoms. The molecule has 112 valence electrons. The number of rotatable bonds is 8. The van der Waals surface area contributed by atoms with E-state index < -0.39 is 0 Å². The van der Waals surface area contributed by atoms with E-state index in [0.717, 1.165) is 24.4 Å². The monoisotopic (exact) mass is 287 g/mol. The fourth-order valence-corrected chi connectivity index (χ4v) is 2.03. The van der Waals surface area contributed by atoms with Gasteiger partial charge < -0.3 is 10.1 Å². The highest BCUT2D eigenvalue weighted by atomic mass is 19.1. The van der Waals surface area contributed by atoms with Crippen LogP contribution in [0.1, 0.15) is 30.9 Å². The molecule has 2 rings (SSSR count). The van der Waals surface area contributed by atoms with E-state index in [1.807, 2.05) is 18.2 Å². The fourth-order valence-electron chi connectivity index (χ4n) is 2.03. The third kappa shape index (κ3) is 5.56. The van der Waals surface area contributed by atoms with Crippen molar-refractivity contribution in [2.45, 2.75) is 32.9 Å². The first-order valence-corrected chi connectivity index (χ1v) is 7.45. The third-order valence-electron chi connectivity index (χ3n) is 3.25. The largest absolute Gasteiger partial charge is 0.489 e. The average molecular weight is 287 g/mol. The van der Waals surface area contributed by atoms with Gasteiger partial charge in [0.05, 0.1) is 0 Å². The first-order valence-electron chi connectivity index (χ1n) is 7.45. The predicted molar refractivity (Wildman–Crippen MR) is 83.8 cm³/mol. The summed E-state index contributed by atoms with van der Waals surface area (Å²) in [6, 6.07) is 14.5. The Bertz CT molecular complexity index is 539. The number of hydrogen-bond donors (Lipinski definition) is 1. The Morgan fingerprint density at radius 2 is 1.86 bits per heavy atom. The Hall–Kier alpha value is -1.87. The standard InChI is InChI=1S/C18H22FNO/c1-2-3-11-20-13-16-5-4-6-18(12-16)21-14-15-7-9-17(19)10-8-15/h4-10,12,20H,2-3,11,13-14H2,1H3. The Balaban J connectivity index is 1.84. The van der Waals surface area contributed by atoms with Gasteiger partial charge in [-0.15, -0.1) is 0 Å². The van der Waals surface area contributed by atoms with Gasteiger partial charge in [-0.05, 0) is 48.4 Å². The van der Waals surface area contributed by atoms with Crippen LogP contribution in [0, 0.1) is 5.82 Å². The van der Waals surface area contributed by atoms with Crippen LogP contribution >= 0.6 is 0 Å². The molecule has 0 fully saturated rings. The molecule has 2 nitrogen and oxygen atoms in total. The summed E-state index contributed by atoms with van der Waals surface area (Å²) in [5, 5.41) is 3.41. The zero-order chi connectivity index (χ0) is 14.9. The maximum absolute atomic E-state index is 12.8. The van der Waals surface area contributed by atoms with Gasteiger partial charge in [0.1, 0.15) is 18.2 Å². The van der Waals surface area contributed by atoms with Gasteiger partial charge in [0.25, 0.3) is 0 Å². The second-order valence-electron chi connectivity index (χ2n) is 5.09. The summed E-state index contributed by atoms with van der Waals surface area (Å²) in [5.41, 5.74) is 2.17. The van der Waals surface area contributed by atoms with E-state index in [1.165, 1.54) is 30.5 Å². The van der Waals surface area contributed by atoms with Gasteiger partial charge in [0, 0.05) is 6.54 Å². The molecule has 0 aliphatic carbocycles. The average Bonchev–Trinajstić information content (AvgIpc) is 2.52. The Kier molecular flexibility index (Phi) is 6.22. The van der Waals surface area contributed by atoms with Crippen LogP contribution in [0.4, 0.5) is 4.39 Å². The van der Waals surface area contributed by atoms with Crippen LogP contribution in [0.3, 0.4) is 0 Å². The van der Waals surface area contributed by atoms with Crippen molar-refractivity contribution in [3.05, 3.63) is 65.5 Å². The summed E-state index contributed by atoms with van der Waals surface area (Å²) in [4.78, 5) is 0. The topological polar surface area (TPSA) is 21.3 Å². The Morgan fingerprint density at radius 3 is 2.62 bits per heavy atom. The van der Waals surface area contributed by atoms with E-state index in [-0.39, 0.29) is 5.82 Å². The first kappa shape index (κ1) is 15.5. The molecule has 0 radical (unpaired) electrons. The minimum absolute atomic E-state index is 0.223. The lowest BCUT2D eigenvalue weighted by Crippen LogP contribution is -2.14. The van der Waals surface area contributed by atoms with Gasteiger partial charge in [-0.3, -0.25) is 0 Å². The first-order chi connectivity index (χ1) is 10.3. The van der Waals surface area contributed by atoms with Crippen molar-refractivity contribution in [2.24, 2.45) is 0 Å². The SMILES string of the molecule is CCCCNCc1cccc(OCc2ccc(F)cc2)c1. The molecular formula is C18H22FNO. The van der Waals surface area contributed by atoms with Crippen molar-refractivity contribution in [3.8, 4) is 5.75 Å². The number of halogens is 1. The molecule has 1 N–H and O–H groups in total. The summed E-state index contributed by atoms with van der Waals surface area (Å²) < 4.78 is 18.6. The molecule has 0 atom stereocenters. The molecular weight excluding hydrogens is 265 g/mol.